The molecule has 3 saturated carbocycles. The summed E-state index contributed by atoms with van der Waals surface area (Å²) >= 11 is 0. The van der Waals surface area contributed by atoms with Gasteiger partial charge in [-0.25, -0.2) is 0 Å². The molecule has 5 rings (SSSR count). The maximum atomic E-state index is 13.3. The van der Waals surface area contributed by atoms with Gasteiger partial charge in [0.25, 0.3) is 0 Å². The van der Waals surface area contributed by atoms with E-state index < -0.39 is 6.36 Å². The van der Waals surface area contributed by atoms with Gasteiger partial charge in [-0.15, -0.1) is 13.2 Å². The lowest BCUT2D eigenvalue weighted by atomic mass is 9.47. The summed E-state index contributed by atoms with van der Waals surface area (Å²) < 4.78 is 41.2. The third kappa shape index (κ3) is 4.02. The molecule has 1 aromatic rings. The smallest absolute Gasteiger partial charge is 0.406 e. The van der Waals surface area contributed by atoms with E-state index in [-0.39, 0.29) is 40.4 Å². The van der Waals surface area contributed by atoms with Crippen molar-refractivity contribution in [1.29, 1.82) is 0 Å². The Morgan fingerprint density at radius 2 is 1.77 bits per heavy atom. The van der Waals surface area contributed by atoms with Crippen LogP contribution in [0.4, 0.5) is 18.9 Å². The average Bonchev–Trinajstić information content (AvgIpc) is 3.14. The van der Waals surface area contributed by atoms with Gasteiger partial charge in [0.2, 0.25) is 11.8 Å². The zero-order chi connectivity index (χ0) is 25.2. The number of hydrogen-bond acceptors (Lipinski definition) is 3. The molecular formula is C27H33F3N2O3. The lowest BCUT2D eigenvalue weighted by Crippen LogP contribution is -2.59. The van der Waals surface area contributed by atoms with Gasteiger partial charge in [-0.2, -0.15) is 0 Å². The molecule has 7 atom stereocenters. The topological polar surface area (TPSA) is 58.6 Å². The van der Waals surface area contributed by atoms with E-state index in [0.717, 1.165) is 38.5 Å². The number of halogens is 3. The van der Waals surface area contributed by atoms with Crippen molar-refractivity contribution in [2.45, 2.75) is 64.8 Å². The Labute approximate surface area is 204 Å². The molecule has 190 valence electrons. The fourth-order valence-corrected chi connectivity index (χ4v) is 8.14. The van der Waals surface area contributed by atoms with E-state index >= 15 is 0 Å². The summed E-state index contributed by atoms with van der Waals surface area (Å²) in [5, 5.41) is 2.94. The summed E-state index contributed by atoms with van der Waals surface area (Å²) in [5.74, 6) is 1.06. The first-order chi connectivity index (χ1) is 16.4. The number of carbonyl (C=O) groups is 2. The van der Waals surface area contributed by atoms with Gasteiger partial charge >= 0.3 is 6.36 Å². The highest BCUT2D eigenvalue weighted by Crippen LogP contribution is 2.65. The maximum absolute atomic E-state index is 13.3. The molecule has 0 saturated heterocycles. The fraction of sp³-hybridized carbons (Fsp3) is 0.630. The number of anilines is 1. The number of benzene rings is 1. The number of hydrogen-bond donors (Lipinski definition) is 1. The summed E-state index contributed by atoms with van der Waals surface area (Å²) in [4.78, 5) is 27.5. The Kier molecular flexibility index (Phi) is 5.72. The van der Waals surface area contributed by atoms with Crippen LogP contribution in [-0.2, 0) is 9.59 Å². The molecule has 1 aliphatic heterocycles. The minimum absolute atomic E-state index is 0.0342. The molecule has 3 aliphatic carbocycles. The Balaban J connectivity index is 1.30. The monoisotopic (exact) mass is 490 g/mol. The molecule has 0 radical (unpaired) electrons. The molecule has 4 aliphatic rings. The van der Waals surface area contributed by atoms with Gasteiger partial charge in [0.1, 0.15) is 5.75 Å². The Morgan fingerprint density at radius 3 is 2.46 bits per heavy atom. The molecule has 35 heavy (non-hydrogen) atoms. The number of carbonyl (C=O) groups excluding carboxylic acids is 2. The lowest BCUT2D eigenvalue weighted by molar-refractivity contribution is -0.274. The summed E-state index contributed by atoms with van der Waals surface area (Å²) in [7, 11) is 1.92. The Bertz CT molecular complexity index is 1040. The highest BCUT2D eigenvalue weighted by atomic mass is 19.4. The van der Waals surface area contributed by atoms with Crippen LogP contribution < -0.4 is 10.1 Å². The van der Waals surface area contributed by atoms with E-state index in [1.54, 1.807) is 6.08 Å². The highest BCUT2D eigenvalue weighted by molar-refractivity contribution is 5.93. The second kappa shape index (κ2) is 8.27. The van der Waals surface area contributed by atoms with Crippen LogP contribution in [0.3, 0.4) is 0 Å². The van der Waals surface area contributed by atoms with Gasteiger partial charge in [0, 0.05) is 30.1 Å². The summed E-state index contributed by atoms with van der Waals surface area (Å²) in [6.45, 7) is 4.56. The van der Waals surface area contributed by atoms with Crippen LogP contribution in [0.1, 0.15) is 52.4 Å². The van der Waals surface area contributed by atoms with Gasteiger partial charge < -0.3 is 15.0 Å². The van der Waals surface area contributed by atoms with Crippen molar-refractivity contribution in [2.75, 3.05) is 12.4 Å². The first kappa shape index (κ1) is 24.2. The number of alkyl halides is 3. The van der Waals surface area contributed by atoms with Gasteiger partial charge in [0.15, 0.2) is 0 Å². The fourth-order valence-electron chi connectivity index (χ4n) is 8.14. The molecule has 8 heteroatoms. The molecule has 1 heterocycles. The minimum Gasteiger partial charge on any atom is -0.406 e. The van der Waals surface area contributed by atoms with Crippen LogP contribution in [0.5, 0.6) is 5.75 Å². The molecule has 3 fully saturated rings. The van der Waals surface area contributed by atoms with Crippen molar-refractivity contribution in [1.82, 2.24) is 4.90 Å². The Morgan fingerprint density at radius 1 is 1.06 bits per heavy atom. The molecular weight excluding hydrogens is 457 g/mol. The first-order valence-electron chi connectivity index (χ1n) is 12.5. The SMILES string of the molecule is CN1C(=O)C=C[C@]2(C)[C@H]3CC[C@]4(C)[C@@H](C(=O)Nc5ccc(OC(F)(F)F)cc5)CC[C@H]4[C@@H]3CC[C@@H]12. The van der Waals surface area contributed by atoms with Crippen molar-refractivity contribution in [2.24, 2.45) is 34.5 Å². The molecule has 5 nitrogen and oxygen atoms in total. The van der Waals surface area contributed by atoms with Crippen LogP contribution in [0.2, 0.25) is 0 Å². The van der Waals surface area contributed by atoms with E-state index in [0.29, 0.717) is 23.4 Å². The van der Waals surface area contributed by atoms with Crippen molar-refractivity contribution in [3.05, 3.63) is 36.4 Å². The van der Waals surface area contributed by atoms with Gasteiger partial charge in [-0.3, -0.25) is 9.59 Å². The molecule has 1 aromatic carbocycles. The predicted molar refractivity (Wildman–Crippen MR) is 125 cm³/mol. The van der Waals surface area contributed by atoms with Crippen LogP contribution in [-0.4, -0.2) is 36.2 Å². The van der Waals surface area contributed by atoms with E-state index in [1.165, 1.54) is 24.3 Å². The van der Waals surface area contributed by atoms with Crippen molar-refractivity contribution >= 4 is 17.5 Å². The highest BCUT2D eigenvalue weighted by Gasteiger charge is 2.61. The number of fused-ring (bicyclic) bond motifs is 5. The number of ether oxygens (including phenoxy) is 1. The standard InChI is InChI=1S/C27H33F3N2O3/c1-25-14-12-20-18(8-11-22-26(20,2)15-13-23(33)32(22)3)19(25)9-10-21(25)24(34)31-16-4-6-17(7-5-16)35-27(28,29)30/h4-7,13,15,18-22H,8-12,14H2,1-3H3,(H,31,34)/t18-,19-,20-,21+,22+,25-,26+/m0/s1. The first-order valence-corrected chi connectivity index (χ1v) is 12.5. The van der Waals surface area contributed by atoms with Gasteiger partial charge in [0.05, 0.1) is 0 Å². The van der Waals surface area contributed by atoms with Gasteiger partial charge in [-0.1, -0.05) is 19.9 Å². The van der Waals surface area contributed by atoms with E-state index in [1.807, 2.05) is 11.9 Å². The van der Waals surface area contributed by atoms with Gasteiger partial charge in [-0.05, 0) is 92.0 Å². The number of rotatable bonds is 3. The molecule has 2 amide bonds. The number of likely N-dealkylation sites (N-methyl/N-ethyl adjacent to an activating group) is 1. The number of amides is 2. The second-order valence-electron chi connectivity index (χ2n) is 11.4. The summed E-state index contributed by atoms with van der Waals surface area (Å²) in [6, 6.07) is 5.55. The number of nitrogens with zero attached hydrogens (tertiary/aromatic N) is 1. The molecule has 1 N–H and O–H groups in total. The summed E-state index contributed by atoms with van der Waals surface area (Å²) in [5.41, 5.74) is 0.333. The van der Waals surface area contributed by atoms with Crippen LogP contribution in [0.15, 0.2) is 36.4 Å². The Hall–Kier alpha value is -2.51. The zero-order valence-electron chi connectivity index (χ0n) is 20.4. The average molecular weight is 491 g/mol. The van der Waals surface area contributed by atoms with Crippen molar-refractivity contribution in [3.8, 4) is 5.75 Å². The predicted octanol–water partition coefficient (Wildman–Crippen LogP) is 5.78. The third-order valence-electron chi connectivity index (χ3n) is 9.80. The van der Waals surface area contributed by atoms with Crippen molar-refractivity contribution in [3.63, 3.8) is 0 Å². The van der Waals surface area contributed by atoms with E-state index in [9.17, 15) is 22.8 Å². The molecule has 0 spiro atoms. The second-order valence-corrected chi connectivity index (χ2v) is 11.4. The van der Waals surface area contributed by atoms with E-state index in [2.05, 4.69) is 30.0 Å². The lowest BCUT2D eigenvalue weighted by Gasteiger charge is -2.60. The van der Waals surface area contributed by atoms with Crippen LogP contribution in [0.25, 0.3) is 0 Å². The van der Waals surface area contributed by atoms with E-state index in [4.69, 9.17) is 0 Å². The minimum atomic E-state index is -4.74. The van der Waals surface area contributed by atoms with Crippen molar-refractivity contribution < 1.29 is 27.5 Å². The quantitative estimate of drug-likeness (QED) is 0.585. The molecule has 0 bridgehead atoms. The number of nitrogens with one attached hydrogen (secondary N) is 1. The maximum Gasteiger partial charge on any atom is 0.573 e. The molecule has 0 aromatic heterocycles. The summed E-state index contributed by atoms with van der Waals surface area (Å²) in [6.07, 6.45) is 5.03. The van der Waals surface area contributed by atoms with Crippen LogP contribution in [0, 0.1) is 34.5 Å². The normalized spacial score (nSPS) is 38.4. The largest absolute Gasteiger partial charge is 0.573 e. The van der Waals surface area contributed by atoms with Crippen LogP contribution >= 0.6 is 0 Å². The third-order valence-corrected chi connectivity index (χ3v) is 9.80. The zero-order valence-corrected chi connectivity index (χ0v) is 20.4. The molecule has 0 unspecified atom stereocenters.